The predicted molar refractivity (Wildman–Crippen MR) is 103 cm³/mol. The van der Waals surface area contributed by atoms with Crippen molar-refractivity contribution in [2.75, 3.05) is 17.2 Å². The number of aromatic nitrogens is 2. The first-order valence-corrected chi connectivity index (χ1v) is 9.38. The molecule has 1 aromatic carbocycles. The molecule has 0 aliphatic heterocycles. The summed E-state index contributed by atoms with van der Waals surface area (Å²) in [4.78, 5) is 20.5. The third kappa shape index (κ3) is 5.18. The predicted octanol–water partition coefficient (Wildman–Crippen LogP) is 4.53. The van der Waals surface area contributed by atoms with Crippen molar-refractivity contribution >= 4 is 23.4 Å². The molecule has 0 spiro atoms. The minimum Gasteiger partial charge on any atom is -0.462 e. The first-order valence-electron chi connectivity index (χ1n) is 9.38. The van der Waals surface area contributed by atoms with Crippen molar-refractivity contribution in [3.05, 3.63) is 42.1 Å². The van der Waals surface area contributed by atoms with Gasteiger partial charge in [0.1, 0.15) is 5.82 Å². The van der Waals surface area contributed by atoms with Gasteiger partial charge in [0.05, 0.1) is 12.2 Å². The number of esters is 1. The summed E-state index contributed by atoms with van der Waals surface area (Å²) >= 11 is 0. The lowest BCUT2D eigenvalue weighted by Gasteiger charge is -2.17. The van der Waals surface area contributed by atoms with Crippen molar-refractivity contribution in [1.82, 2.24) is 9.97 Å². The Kier molecular flexibility index (Phi) is 6.41. The van der Waals surface area contributed by atoms with E-state index in [2.05, 4.69) is 20.6 Å². The minimum atomic E-state index is -0.315. The van der Waals surface area contributed by atoms with E-state index in [0.29, 0.717) is 24.2 Å². The third-order valence-corrected chi connectivity index (χ3v) is 4.51. The number of carbonyl (C=O) groups is 1. The van der Waals surface area contributed by atoms with Crippen molar-refractivity contribution in [3.8, 4) is 0 Å². The van der Waals surface area contributed by atoms with Gasteiger partial charge in [0.15, 0.2) is 0 Å². The van der Waals surface area contributed by atoms with Gasteiger partial charge >= 0.3 is 5.97 Å². The van der Waals surface area contributed by atoms with Crippen LogP contribution in [0.25, 0.3) is 0 Å². The van der Waals surface area contributed by atoms with Gasteiger partial charge in [-0.1, -0.05) is 25.7 Å². The number of rotatable bonds is 6. The maximum Gasteiger partial charge on any atom is 0.338 e. The highest BCUT2D eigenvalue weighted by Gasteiger charge is 2.13. The van der Waals surface area contributed by atoms with Crippen molar-refractivity contribution in [1.29, 1.82) is 0 Å². The van der Waals surface area contributed by atoms with E-state index >= 15 is 0 Å². The first-order chi connectivity index (χ1) is 12.7. The zero-order valence-electron chi connectivity index (χ0n) is 15.2. The summed E-state index contributed by atoms with van der Waals surface area (Å²) in [6.07, 6.45) is 9.36. The first kappa shape index (κ1) is 18.2. The van der Waals surface area contributed by atoms with E-state index in [1.807, 2.05) is 18.2 Å². The van der Waals surface area contributed by atoms with Crippen LogP contribution >= 0.6 is 0 Å². The molecule has 0 amide bonds. The summed E-state index contributed by atoms with van der Waals surface area (Å²) in [7, 11) is 0. The smallest absolute Gasteiger partial charge is 0.338 e. The van der Waals surface area contributed by atoms with Crippen LogP contribution in [0, 0.1) is 0 Å². The van der Waals surface area contributed by atoms with Gasteiger partial charge in [0.2, 0.25) is 5.95 Å². The van der Waals surface area contributed by atoms with Crippen molar-refractivity contribution in [3.63, 3.8) is 0 Å². The SMILES string of the molecule is CCOC(=O)c1ccc(Nc2nccc(NC3CCCCCC3)n2)cc1. The average molecular weight is 354 g/mol. The Morgan fingerprint density at radius 2 is 1.85 bits per heavy atom. The van der Waals surface area contributed by atoms with Gasteiger partial charge in [-0.15, -0.1) is 0 Å². The molecule has 0 radical (unpaired) electrons. The largest absolute Gasteiger partial charge is 0.462 e. The van der Waals surface area contributed by atoms with Gasteiger partial charge in [-0.25, -0.2) is 9.78 Å². The molecule has 1 fully saturated rings. The number of nitrogens with one attached hydrogen (secondary N) is 2. The molecule has 0 bridgehead atoms. The molecular weight excluding hydrogens is 328 g/mol. The van der Waals surface area contributed by atoms with Gasteiger partial charge in [-0.3, -0.25) is 0 Å². The van der Waals surface area contributed by atoms with E-state index in [-0.39, 0.29) is 5.97 Å². The number of carbonyl (C=O) groups excluding carboxylic acids is 1. The number of anilines is 3. The fourth-order valence-corrected chi connectivity index (χ4v) is 3.17. The lowest BCUT2D eigenvalue weighted by atomic mass is 10.1. The minimum absolute atomic E-state index is 0.315. The molecule has 3 rings (SSSR count). The molecule has 1 aliphatic rings. The fraction of sp³-hybridized carbons (Fsp3) is 0.450. The summed E-state index contributed by atoms with van der Waals surface area (Å²) < 4.78 is 4.99. The number of nitrogens with zero attached hydrogens (tertiary/aromatic N) is 2. The highest BCUT2D eigenvalue weighted by molar-refractivity contribution is 5.89. The van der Waals surface area contributed by atoms with E-state index < -0.39 is 0 Å². The van der Waals surface area contributed by atoms with Crippen LogP contribution in [0.5, 0.6) is 0 Å². The second kappa shape index (κ2) is 9.17. The molecule has 2 N–H and O–H groups in total. The average Bonchev–Trinajstić information content (AvgIpc) is 2.91. The Labute approximate surface area is 154 Å². The van der Waals surface area contributed by atoms with Crippen molar-refractivity contribution in [2.45, 2.75) is 51.5 Å². The van der Waals surface area contributed by atoms with Crippen LogP contribution in [0.3, 0.4) is 0 Å². The van der Waals surface area contributed by atoms with E-state index in [9.17, 15) is 4.79 Å². The molecule has 0 unspecified atom stereocenters. The molecule has 1 heterocycles. The van der Waals surface area contributed by atoms with E-state index in [1.165, 1.54) is 38.5 Å². The summed E-state index contributed by atoms with van der Waals surface area (Å²) in [5, 5.41) is 6.71. The summed E-state index contributed by atoms with van der Waals surface area (Å²) in [6, 6.07) is 9.49. The molecule has 1 saturated carbocycles. The monoisotopic (exact) mass is 354 g/mol. The third-order valence-electron chi connectivity index (χ3n) is 4.51. The molecule has 26 heavy (non-hydrogen) atoms. The lowest BCUT2D eigenvalue weighted by molar-refractivity contribution is 0.0526. The topological polar surface area (TPSA) is 76.1 Å². The molecule has 2 aromatic rings. The van der Waals surface area contributed by atoms with Gasteiger partial charge in [0, 0.05) is 17.9 Å². The Hall–Kier alpha value is -2.63. The van der Waals surface area contributed by atoms with Gasteiger partial charge in [-0.05, 0) is 50.1 Å². The van der Waals surface area contributed by atoms with Gasteiger partial charge < -0.3 is 15.4 Å². The van der Waals surface area contributed by atoms with Gasteiger partial charge in [-0.2, -0.15) is 4.98 Å². The Bertz CT molecular complexity index is 710. The Morgan fingerprint density at radius 3 is 2.54 bits per heavy atom. The zero-order valence-corrected chi connectivity index (χ0v) is 15.2. The highest BCUT2D eigenvalue weighted by Crippen LogP contribution is 2.21. The Balaban J connectivity index is 1.62. The standard InChI is InChI=1S/C20H26N4O2/c1-2-26-19(25)15-9-11-17(12-10-15)23-20-21-14-13-18(24-20)22-16-7-5-3-4-6-8-16/h9-14,16H,2-8H2,1H3,(H2,21,22,23,24). The van der Waals surface area contributed by atoms with E-state index in [1.54, 1.807) is 25.3 Å². The van der Waals surface area contributed by atoms with Crippen LogP contribution in [0.2, 0.25) is 0 Å². The van der Waals surface area contributed by atoms with E-state index in [0.717, 1.165) is 11.5 Å². The maximum atomic E-state index is 11.7. The van der Waals surface area contributed by atoms with Crippen LogP contribution in [-0.2, 0) is 4.74 Å². The number of hydrogen-bond donors (Lipinski definition) is 2. The lowest BCUT2D eigenvalue weighted by Crippen LogP contribution is -2.19. The van der Waals surface area contributed by atoms with Crippen molar-refractivity contribution < 1.29 is 9.53 Å². The van der Waals surface area contributed by atoms with Crippen LogP contribution in [0.15, 0.2) is 36.5 Å². The number of hydrogen-bond acceptors (Lipinski definition) is 6. The molecular formula is C20H26N4O2. The molecule has 0 saturated heterocycles. The molecule has 1 aromatic heterocycles. The second-order valence-electron chi connectivity index (χ2n) is 6.52. The van der Waals surface area contributed by atoms with Crippen LogP contribution in [0.4, 0.5) is 17.5 Å². The normalized spacial score (nSPS) is 15.1. The highest BCUT2D eigenvalue weighted by atomic mass is 16.5. The van der Waals surface area contributed by atoms with Gasteiger partial charge in [0.25, 0.3) is 0 Å². The number of ether oxygens (including phenoxy) is 1. The molecule has 6 heteroatoms. The summed E-state index contributed by atoms with van der Waals surface area (Å²) in [5.41, 5.74) is 1.35. The second-order valence-corrected chi connectivity index (χ2v) is 6.52. The molecule has 1 aliphatic carbocycles. The number of benzene rings is 1. The molecule has 0 atom stereocenters. The Morgan fingerprint density at radius 1 is 1.12 bits per heavy atom. The fourth-order valence-electron chi connectivity index (χ4n) is 3.17. The molecule has 6 nitrogen and oxygen atoms in total. The van der Waals surface area contributed by atoms with Crippen molar-refractivity contribution in [2.24, 2.45) is 0 Å². The summed E-state index contributed by atoms with van der Waals surface area (Å²) in [5.74, 6) is 1.06. The van der Waals surface area contributed by atoms with Crippen LogP contribution in [-0.4, -0.2) is 28.6 Å². The molecule has 138 valence electrons. The maximum absolute atomic E-state index is 11.7. The zero-order chi connectivity index (χ0) is 18.2. The summed E-state index contributed by atoms with van der Waals surface area (Å²) in [6.45, 7) is 2.16. The van der Waals surface area contributed by atoms with Crippen LogP contribution < -0.4 is 10.6 Å². The van der Waals surface area contributed by atoms with Crippen LogP contribution in [0.1, 0.15) is 55.8 Å². The van der Waals surface area contributed by atoms with E-state index in [4.69, 9.17) is 4.74 Å². The quantitative estimate of drug-likeness (QED) is 0.586.